The van der Waals surface area contributed by atoms with E-state index in [0.717, 1.165) is 26.2 Å². The van der Waals surface area contributed by atoms with Crippen LogP contribution in [0.5, 0.6) is 0 Å². The van der Waals surface area contributed by atoms with Crippen molar-refractivity contribution in [3.8, 4) is 0 Å². The fraction of sp³-hybridized carbons (Fsp3) is 1.00. The lowest BCUT2D eigenvalue weighted by Crippen LogP contribution is -2.59. The third-order valence-electron chi connectivity index (χ3n) is 3.29. The zero-order chi connectivity index (χ0) is 12.3. The summed E-state index contributed by atoms with van der Waals surface area (Å²) in [5.41, 5.74) is 11.7. The average Bonchev–Trinajstić information content (AvgIpc) is 2.11. The molecule has 4 nitrogen and oxygen atoms in total. The van der Waals surface area contributed by atoms with Gasteiger partial charge < -0.3 is 11.5 Å². The molecular formula is C12H28N4. The quantitative estimate of drug-likeness (QED) is 0.715. The SMILES string of the molecule is CC(N)CN1CC(C)N(CC(C)N)CC1C. The zero-order valence-corrected chi connectivity index (χ0v) is 11.2. The van der Waals surface area contributed by atoms with Crippen molar-refractivity contribution in [3.05, 3.63) is 0 Å². The van der Waals surface area contributed by atoms with Crippen LogP contribution in [0.25, 0.3) is 0 Å². The number of hydrogen-bond donors (Lipinski definition) is 2. The lowest BCUT2D eigenvalue weighted by atomic mass is 10.1. The molecule has 1 rings (SSSR count). The van der Waals surface area contributed by atoms with Gasteiger partial charge in [0.2, 0.25) is 0 Å². The predicted molar refractivity (Wildman–Crippen MR) is 69.4 cm³/mol. The van der Waals surface area contributed by atoms with Crippen LogP contribution >= 0.6 is 0 Å². The molecule has 16 heavy (non-hydrogen) atoms. The molecule has 4 N–H and O–H groups in total. The van der Waals surface area contributed by atoms with Gasteiger partial charge in [-0.05, 0) is 27.7 Å². The second-order valence-electron chi connectivity index (χ2n) is 5.56. The minimum absolute atomic E-state index is 0.259. The number of nitrogens with zero attached hydrogens (tertiary/aromatic N) is 2. The van der Waals surface area contributed by atoms with Crippen LogP contribution in [0, 0.1) is 0 Å². The van der Waals surface area contributed by atoms with Crippen molar-refractivity contribution in [2.45, 2.75) is 51.9 Å². The molecule has 1 aliphatic heterocycles. The first kappa shape index (κ1) is 13.9. The number of rotatable bonds is 4. The Hall–Kier alpha value is -0.160. The minimum atomic E-state index is 0.259. The van der Waals surface area contributed by atoms with Gasteiger partial charge in [0.25, 0.3) is 0 Å². The molecule has 4 unspecified atom stereocenters. The second-order valence-corrected chi connectivity index (χ2v) is 5.56. The van der Waals surface area contributed by atoms with Gasteiger partial charge in [-0.2, -0.15) is 0 Å². The Morgan fingerprint density at radius 3 is 1.50 bits per heavy atom. The molecule has 1 aliphatic rings. The van der Waals surface area contributed by atoms with Crippen molar-refractivity contribution in [1.29, 1.82) is 0 Å². The van der Waals surface area contributed by atoms with Crippen molar-refractivity contribution in [2.75, 3.05) is 26.2 Å². The fourth-order valence-electron chi connectivity index (χ4n) is 2.52. The Balaban J connectivity index is 2.49. The van der Waals surface area contributed by atoms with E-state index >= 15 is 0 Å². The van der Waals surface area contributed by atoms with Gasteiger partial charge >= 0.3 is 0 Å². The summed E-state index contributed by atoms with van der Waals surface area (Å²) >= 11 is 0. The van der Waals surface area contributed by atoms with Crippen LogP contribution in [0.15, 0.2) is 0 Å². The Labute approximate surface area is 99.9 Å². The predicted octanol–water partition coefficient (Wildman–Crippen LogP) is 0.0754. The van der Waals surface area contributed by atoms with Crippen LogP contribution in [0.2, 0.25) is 0 Å². The van der Waals surface area contributed by atoms with Crippen molar-refractivity contribution >= 4 is 0 Å². The molecular weight excluding hydrogens is 200 g/mol. The first-order valence-corrected chi connectivity index (χ1v) is 6.39. The fourth-order valence-corrected chi connectivity index (χ4v) is 2.52. The topological polar surface area (TPSA) is 58.5 Å². The first-order chi connectivity index (χ1) is 7.40. The van der Waals surface area contributed by atoms with E-state index in [1.54, 1.807) is 0 Å². The molecule has 96 valence electrons. The molecule has 0 aromatic heterocycles. The number of nitrogens with two attached hydrogens (primary N) is 2. The summed E-state index contributed by atoms with van der Waals surface area (Å²) in [5, 5.41) is 0. The highest BCUT2D eigenvalue weighted by Crippen LogP contribution is 2.15. The molecule has 4 heteroatoms. The van der Waals surface area contributed by atoms with E-state index in [2.05, 4.69) is 37.5 Å². The summed E-state index contributed by atoms with van der Waals surface area (Å²) in [5.74, 6) is 0. The van der Waals surface area contributed by atoms with Crippen LogP contribution in [0.1, 0.15) is 27.7 Å². The van der Waals surface area contributed by atoms with E-state index in [9.17, 15) is 0 Å². The monoisotopic (exact) mass is 228 g/mol. The van der Waals surface area contributed by atoms with Crippen molar-refractivity contribution in [3.63, 3.8) is 0 Å². The van der Waals surface area contributed by atoms with E-state index in [1.807, 2.05) is 0 Å². The molecule has 1 fully saturated rings. The van der Waals surface area contributed by atoms with Crippen LogP contribution in [-0.2, 0) is 0 Å². The van der Waals surface area contributed by atoms with Gasteiger partial charge in [0.15, 0.2) is 0 Å². The van der Waals surface area contributed by atoms with Crippen molar-refractivity contribution in [2.24, 2.45) is 11.5 Å². The van der Waals surface area contributed by atoms with Gasteiger partial charge in [0.1, 0.15) is 0 Å². The highest BCUT2D eigenvalue weighted by atomic mass is 15.3. The Morgan fingerprint density at radius 2 is 1.25 bits per heavy atom. The highest BCUT2D eigenvalue weighted by Gasteiger charge is 2.29. The first-order valence-electron chi connectivity index (χ1n) is 6.39. The summed E-state index contributed by atoms with van der Waals surface area (Å²) in [6.07, 6.45) is 0. The minimum Gasteiger partial charge on any atom is -0.327 e. The average molecular weight is 228 g/mol. The maximum atomic E-state index is 5.87. The molecule has 0 aromatic carbocycles. The van der Waals surface area contributed by atoms with Crippen molar-refractivity contribution < 1.29 is 0 Å². The lowest BCUT2D eigenvalue weighted by Gasteiger charge is -2.45. The summed E-state index contributed by atoms with van der Waals surface area (Å²) in [6.45, 7) is 12.9. The molecule has 0 spiro atoms. The van der Waals surface area contributed by atoms with Gasteiger partial charge in [-0.15, -0.1) is 0 Å². The van der Waals surface area contributed by atoms with Gasteiger partial charge in [0, 0.05) is 50.3 Å². The highest BCUT2D eigenvalue weighted by molar-refractivity contribution is 4.86. The Morgan fingerprint density at radius 1 is 0.938 bits per heavy atom. The molecule has 0 aromatic rings. The van der Waals surface area contributed by atoms with Gasteiger partial charge in [-0.3, -0.25) is 9.80 Å². The van der Waals surface area contributed by atoms with E-state index in [1.165, 1.54) is 0 Å². The summed E-state index contributed by atoms with van der Waals surface area (Å²) in [7, 11) is 0. The maximum absolute atomic E-state index is 5.87. The van der Waals surface area contributed by atoms with E-state index in [0.29, 0.717) is 12.1 Å². The molecule has 0 saturated carbocycles. The van der Waals surface area contributed by atoms with E-state index in [4.69, 9.17) is 11.5 Å². The molecule has 4 atom stereocenters. The van der Waals surface area contributed by atoms with Gasteiger partial charge in [0.05, 0.1) is 0 Å². The normalized spacial score (nSPS) is 32.6. The number of piperazine rings is 1. The van der Waals surface area contributed by atoms with Crippen LogP contribution in [0.4, 0.5) is 0 Å². The number of hydrogen-bond acceptors (Lipinski definition) is 4. The smallest absolute Gasteiger partial charge is 0.0196 e. The van der Waals surface area contributed by atoms with Gasteiger partial charge in [-0.1, -0.05) is 0 Å². The van der Waals surface area contributed by atoms with Crippen molar-refractivity contribution in [1.82, 2.24) is 9.80 Å². The van der Waals surface area contributed by atoms with E-state index in [-0.39, 0.29) is 12.1 Å². The van der Waals surface area contributed by atoms with Crippen LogP contribution in [0.3, 0.4) is 0 Å². The zero-order valence-electron chi connectivity index (χ0n) is 11.2. The largest absolute Gasteiger partial charge is 0.327 e. The Kier molecular flexibility index (Phi) is 5.18. The van der Waals surface area contributed by atoms with E-state index < -0.39 is 0 Å². The molecule has 0 aliphatic carbocycles. The molecule has 1 heterocycles. The van der Waals surface area contributed by atoms with Crippen LogP contribution < -0.4 is 11.5 Å². The molecule has 0 amide bonds. The summed E-state index contributed by atoms with van der Waals surface area (Å²) in [6, 6.07) is 1.69. The molecule has 0 bridgehead atoms. The summed E-state index contributed by atoms with van der Waals surface area (Å²) < 4.78 is 0. The molecule has 1 saturated heterocycles. The maximum Gasteiger partial charge on any atom is 0.0196 e. The summed E-state index contributed by atoms with van der Waals surface area (Å²) in [4.78, 5) is 4.99. The third-order valence-corrected chi connectivity index (χ3v) is 3.29. The van der Waals surface area contributed by atoms with Crippen LogP contribution in [-0.4, -0.2) is 60.1 Å². The molecule has 0 radical (unpaired) electrons. The standard InChI is InChI=1S/C12H28N4/c1-9(13)5-15-7-12(4)16(6-10(2)14)8-11(15)3/h9-12H,5-8,13-14H2,1-4H3. The third kappa shape index (κ3) is 4.01. The van der Waals surface area contributed by atoms with Gasteiger partial charge in [-0.25, -0.2) is 0 Å². The lowest BCUT2D eigenvalue weighted by molar-refractivity contribution is 0.0377. The Bertz CT molecular complexity index is 183. The second kappa shape index (κ2) is 5.96.